The zero-order valence-corrected chi connectivity index (χ0v) is 10.9. The fourth-order valence-electron chi connectivity index (χ4n) is 1.71. The van der Waals surface area contributed by atoms with Gasteiger partial charge in [-0.25, -0.2) is 0 Å². The van der Waals surface area contributed by atoms with Crippen molar-refractivity contribution in [2.75, 3.05) is 0 Å². The minimum absolute atomic E-state index is 0.245. The Balaban J connectivity index is 2.62. The maximum absolute atomic E-state index is 10.7. The lowest BCUT2D eigenvalue weighted by molar-refractivity contribution is -0.111. The molecule has 1 aromatic rings. The van der Waals surface area contributed by atoms with Gasteiger partial charge in [0.2, 0.25) is 5.24 Å². The van der Waals surface area contributed by atoms with Crippen LogP contribution in [0.3, 0.4) is 0 Å². The van der Waals surface area contributed by atoms with Crippen LogP contribution in [0.15, 0.2) is 24.3 Å². The van der Waals surface area contributed by atoms with Gasteiger partial charge in [0.15, 0.2) is 0 Å². The van der Waals surface area contributed by atoms with Crippen LogP contribution < -0.4 is 0 Å². The van der Waals surface area contributed by atoms with Crippen molar-refractivity contribution >= 4 is 16.8 Å². The monoisotopic (exact) mass is 238 g/mol. The van der Waals surface area contributed by atoms with Crippen LogP contribution in [0.5, 0.6) is 0 Å². The highest BCUT2D eigenvalue weighted by Gasteiger charge is 2.08. The molecule has 2 heteroatoms. The third kappa shape index (κ3) is 3.97. The van der Waals surface area contributed by atoms with E-state index in [1.54, 1.807) is 0 Å². The van der Waals surface area contributed by atoms with Gasteiger partial charge in [0.05, 0.1) is 0 Å². The van der Waals surface area contributed by atoms with Crippen LogP contribution in [0.25, 0.3) is 0 Å². The first kappa shape index (κ1) is 13.2. The number of benzene rings is 1. The summed E-state index contributed by atoms with van der Waals surface area (Å²) in [5.41, 5.74) is 2.63. The Labute approximate surface area is 103 Å². The van der Waals surface area contributed by atoms with Gasteiger partial charge in [-0.3, -0.25) is 4.79 Å². The van der Waals surface area contributed by atoms with Crippen LogP contribution in [0.4, 0.5) is 0 Å². The lowest BCUT2D eigenvalue weighted by Crippen LogP contribution is -1.97. The summed E-state index contributed by atoms with van der Waals surface area (Å²) in [7, 11) is 0. The Kier molecular flexibility index (Phi) is 5.01. The average molecular weight is 239 g/mol. The highest BCUT2D eigenvalue weighted by molar-refractivity contribution is 6.63. The van der Waals surface area contributed by atoms with E-state index in [4.69, 9.17) is 11.6 Å². The second kappa shape index (κ2) is 6.05. The lowest BCUT2D eigenvalue weighted by atomic mass is 9.93. The van der Waals surface area contributed by atoms with Crippen molar-refractivity contribution in [2.45, 2.75) is 45.4 Å². The molecule has 1 rings (SSSR count). The number of carbonyl (C=O) groups is 1. The third-order valence-corrected chi connectivity index (χ3v) is 3.14. The van der Waals surface area contributed by atoms with Gasteiger partial charge in [-0.15, -0.1) is 0 Å². The first-order valence-corrected chi connectivity index (χ1v) is 6.16. The van der Waals surface area contributed by atoms with E-state index in [0.717, 1.165) is 6.42 Å². The first-order chi connectivity index (χ1) is 7.50. The smallest absolute Gasteiger partial charge is 0.221 e. The van der Waals surface area contributed by atoms with E-state index in [0.29, 0.717) is 18.3 Å². The Morgan fingerprint density at radius 2 is 1.62 bits per heavy atom. The maximum atomic E-state index is 10.7. The quantitative estimate of drug-likeness (QED) is 0.693. The summed E-state index contributed by atoms with van der Waals surface area (Å²) in [5.74, 6) is 0.956. The number of hydrogen-bond acceptors (Lipinski definition) is 1. The highest BCUT2D eigenvalue weighted by atomic mass is 35.5. The summed E-state index contributed by atoms with van der Waals surface area (Å²) in [5, 5.41) is -0.245. The van der Waals surface area contributed by atoms with Gasteiger partial charge in [0.1, 0.15) is 0 Å². The van der Waals surface area contributed by atoms with Gasteiger partial charge < -0.3 is 0 Å². The van der Waals surface area contributed by atoms with Crippen LogP contribution >= 0.6 is 11.6 Å². The molecule has 0 aliphatic heterocycles. The van der Waals surface area contributed by atoms with Gasteiger partial charge >= 0.3 is 0 Å². The fourth-order valence-corrected chi connectivity index (χ4v) is 1.82. The predicted molar refractivity (Wildman–Crippen MR) is 69.0 cm³/mol. The van der Waals surface area contributed by atoms with E-state index in [2.05, 4.69) is 45.0 Å². The molecule has 0 fully saturated rings. The SMILES string of the molecule is CC(C)c1ccc(C(C)CCC(=O)Cl)cc1. The molecule has 0 aliphatic carbocycles. The van der Waals surface area contributed by atoms with Crippen molar-refractivity contribution in [3.8, 4) is 0 Å². The van der Waals surface area contributed by atoms with Crippen molar-refractivity contribution in [2.24, 2.45) is 0 Å². The number of halogens is 1. The van der Waals surface area contributed by atoms with E-state index in [1.807, 2.05) is 0 Å². The average Bonchev–Trinajstić information content (AvgIpc) is 2.26. The van der Waals surface area contributed by atoms with Gasteiger partial charge in [0.25, 0.3) is 0 Å². The molecule has 1 atom stereocenters. The molecule has 0 spiro atoms. The van der Waals surface area contributed by atoms with E-state index in [1.165, 1.54) is 11.1 Å². The van der Waals surface area contributed by atoms with Gasteiger partial charge in [-0.2, -0.15) is 0 Å². The molecule has 0 saturated carbocycles. The van der Waals surface area contributed by atoms with E-state index in [9.17, 15) is 4.79 Å². The minimum atomic E-state index is -0.245. The van der Waals surface area contributed by atoms with Crippen LogP contribution in [0, 0.1) is 0 Å². The minimum Gasteiger partial charge on any atom is -0.281 e. The molecule has 1 aromatic carbocycles. The Bertz CT molecular complexity index is 340. The van der Waals surface area contributed by atoms with Crippen LogP contribution in [-0.4, -0.2) is 5.24 Å². The van der Waals surface area contributed by atoms with Crippen molar-refractivity contribution in [3.05, 3.63) is 35.4 Å². The van der Waals surface area contributed by atoms with E-state index in [-0.39, 0.29) is 5.24 Å². The molecule has 0 heterocycles. The van der Waals surface area contributed by atoms with E-state index < -0.39 is 0 Å². The molecular weight excluding hydrogens is 220 g/mol. The zero-order chi connectivity index (χ0) is 12.1. The van der Waals surface area contributed by atoms with Crippen molar-refractivity contribution in [1.29, 1.82) is 0 Å². The molecule has 0 radical (unpaired) electrons. The summed E-state index contributed by atoms with van der Waals surface area (Å²) in [6.07, 6.45) is 1.28. The molecular formula is C14H19ClO. The fraction of sp³-hybridized carbons (Fsp3) is 0.500. The first-order valence-electron chi connectivity index (χ1n) is 5.79. The van der Waals surface area contributed by atoms with Crippen molar-refractivity contribution in [1.82, 2.24) is 0 Å². The molecule has 0 aliphatic rings. The van der Waals surface area contributed by atoms with Crippen LogP contribution in [0.2, 0.25) is 0 Å². The Hall–Kier alpha value is -0.820. The second-order valence-corrected chi connectivity index (χ2v) is 5.04. The van der Waals surface area contributed by atoms with Crippen molar-refractivity contribution in [3.63, 3.8) is 0 Å². The standard InChI is InChI=1S/C14H19ClO/c1-10(2)12-5-7-13(8-6-12)11(3)4-9-14(15)16/h5-8,10-11H,4,9H2,1-3H3. The van der Waals surface area contributed by atoms with Gasteiger partial charge in [-0.05, 0) is 41.0 Å². The largest absolute Gasteiger partial charge is 0.281 e. The maximum Gasteiger partial charge on any atom is 0.221 e. The molecule has 0 N–H and O–H groups in total. The van der Waals surface area contributed by atoms with Gasteiger partial charge in [-0.1, -0.05) is 45.0 Å². The van der Waals surface area contributed by atoms with E-state index >= 15 is 0 Å². The summed E-state index contributed by atoms with van der Waals surface area (Å²) in [6, 6.07) is 8.63. The Morgan fingerprint density at radius 3 is 2.06 bits per heavy atom. The zero-order valence-electron chi connectivity index (χ0n) is 10.2. The summed E-state index contributed by atoms with van der Waals surface area (Å²) in [6.45, 7) is 6.50. The molecule has 1 nitrogen and oxygen atoms in total. The number of hydrogen-bond donors (Lipinski definition) is 0. The molecule has 1 unspecified atom stereocenters. The molecule has 88 valence electrons. The van der Waals surface area contributed by atoms with Gasteiger partial charge in [0, 0.05) is 6.42 Å². The summed E-state index contributed by atoms with van der Waals surface area (Å²) in [4.78, 5) is 10.7. The molecule has 16 heavy (non-hydrogen) atoms. The summed E-state index contributed by atoms with van der Waals surface area (Å²) >= 11 is 5.34. The summed E-state index contributed by atoms with van der Waals surface area (Å²) < 4.78 is 0. The predicted octanol–water partition coefficient (Wildman–Crippen LogP) is 4.46. The second-order valence-electron chi connectivity index (χ2n) is 4.62. The Morgan fingerprint density at radius 1 is 1.12 bits per heavy atom. The normalized spacial score (nSPS) is 12.8. The van der Waals surface area contributed by atoms with Crippen molar-refractivity contribution < 1.29 is 4.79 Å². The topological polar surface area (TPSA) is 17.1 Å². The molecule has 0 aromatic heterocycles. The molecule has 0 amide bonds. The molecule has 0 bridgehead atoms. The highest BCUT2D eigenvalue weighted by Crippen LogP contribution is 2.23. The molecule has 0 saturated heterocycles. The van der Waals surface area contributed by atoms with Crippen LogP contribution in [-0.2, 0) is 4.79 Å². The third-order valence-electron chi connectivity index (χ3n) is 2.95. The lowest BCUT2D eigenvalue weighted by Gasteiger charge is -2.12. The number of carbonyl (C=O) groups excluding carboxylic acids is 1. The number of rotatable bonds is 5. The van der Waals surface area contributed by atoms with Crippen LogP contribution in [0.1, 0.15) is 56.6 Å².